The number of halogens is 1. The lowest BCUT2D eigenvalue weighted by atomic mass is 9.81. The fraction of sp³-hybridized carbons (Fsp3) is 0.600. The molecule has 0 heterocycles. The first-order valence-electron chi connectivity index (χ1n) is 6.41. The van der Waals surface area contributed by atoms with E-state index in [1.54, 1.807) is 0 Å². The molecule has 0 amide bonds. The fourth-order valence-corrected chi connectivity index (χ4v) is 3.10. The zero-order valence-corrected chi connectivity index (χ0v) is 11.6. The minimum atomic E-state index is 0.224. The predicted molar refractivity (Wildman–Crippen MR) is 73.1 cm³/mol. The Morgan fingerprint density at radius 3 is 2.76 bits per heavy atom. The van der Waals surface area contributed by atoms with E-state index in [1.807, 2.05) is 6.07 Å². The highest BCUT2D eigenvalue weighted by atomic mass is 35.5. The summed E-state index contributed by atoms with van der Waals surface area (Å²) in [5.74, 6) is 0.969. The molecule has 0 aromatic heterocycles. The quantitative estimate of drug-likeness (QED) is 0.719. The Morgan fingerprint density at radius 2 is 2.18 bits per heavy atom. The van der Waals surface area contributed by atoms with Crippen LogP contribution >= 0.6 is 11.6 Å². The lowest BCUT2D eigenvalue weighted by Crippen LogP contribution is -2.18. The van der Waals surface area contributed by atoms with E-state index in [9.17, 15) is 0 Å². The molecule has 1 aliphatic carbocycles. The summed E-state index contributed by atoms with van der Waals surface area (Å²) in [5.41, 5.74) is 1.58. The third kappa shape index (κ3) is 2.95. The van der Waals surface area contributed by atoms with Crippen LogP contribution in [-0.2, 0) is 5.41 Å². The maximum absolute atomic E-state index is 6.24. The van der Waals surface area contributed by atoms with Crippen LogP contribution < -0.4 is 4.74 Å². The van der Waals surface area contributed by atoms with E-state index in [1.165, 1.54) is 12.0 Å². The molecule has 0 N–H and O–H groups in total. The summed E-state index contributed by atoms with van der Waals surface area (Å²) in [4.78, 5) is 0. The first kappa shape index (κ1) is 12.8. The lowest BCUT2D eigenvalue weighted by molar-refractivity contribution is 0.241. The summed E-state index contributed by atoms with van der Waals surface area (Å²) in [6, 6.07) is 8.48. The van der Waals surface area contributed by atoms with Gasteiger partial charge in [-0.1, -0.05) is 19.1 Å². The van der Waals surface area contributed by atoms with Gasteiger partial charge in [0.25, 0.3) is 0 Å². The van der Waals surface area contributed by atoms with Crippen molar-refractivity contribution in [1.29, 1.82) is 0 Å². The Balaban J connectivity index is 2.21. The van der Waals surface area contributed by atoms with Crippen LogP contribution in [0.5, 0.6) is 5.75 Å². The molecule has 2 atom stereocenters. The average molecular weight is 253 g/mol. The molecule has 0 saturated heterocycles. The van der Waals surface area contributed by atoms with Crippen molar-refractivity contribution in [3.63, 3.8) is 0 Å². The number of hydrogen-bond donors (Lipinski definition) is 0. The summed E-state index contributed by atoms with van der Waals surface area (Å²) >= 11 is 6.24. The van der Waals surface area contributed by atoms with Crippen molar-refractivity contribution in [1.82, 2.24) is 0 Å². The lowest BCUT2D eigenvalue weighted by Gasteiger charge is -2.25. The largest absolute Gasteiger partial charge is 0.491 e. The van der Waals surface area contributed by atoms with Gasteiger partial charge in [0.2, 0.25) is 0 Å². The van der Waals surface area contributed by atoms with Gasteiger partial charge in [-0.25, -0.2) is 0 Å². The average Bonchev–Trinajstić information content (AvgIpc) is 2.59. The topological polar surface area (TPSA) is 9.23 Å². The van der Waals surface area contributed by atoms with Gasteiger partial charge in [-0.2, -0.15) is 0 Å². The number of benzene rings is 1. The molecular formula is C15H21ClO. The Kier molecular flexibility index (Phi) is 3.67. The summed E-state index contributed by atoms with van der Waals surface area (Å²) < 4.78 is 5.75. The van der Waals surface area contributed by atoms with Crippen molar-refractivity contribution in [2.45, 2.75) is 56.9 Å². The smallest absolute Gasteiger partial charge is 0.119 e. The Bertz CT molecular complexity index is 388. The van der Waals surface area contributed by atoms with Gasteiger partial charge in [0, 0.05) is 5.38 Å². The highest BCUT2D eigenvalue weighted by Gasteiger charge is 2.35. The number of rotatable bonds is 3. The van der Waals surface area contributed by atoms with Crippen LogP contribution in [0.15, 0.2) is 24.3 Å². The minimum Gasteiger partial charge on any atom is -0.491 e. The molecule has 0 aliphatic heterocycles. The second-order valence-electron chi connectivity index (χ2n) is 5.60. The summed E-state index contributed by atoms with van der Waals surface area (Å²) in [7, 11) is 0. The standard InChI is InChI=1S/C15H21ClO/c1-11(2)17-14-6-4-5-12(9-14)15(3)8-7-13(16)10-15/h4-6,9,11,13H,7-8,10H2,1-3H3. The van der Waals surface area contributed by atoms with Crippen LogP contribution in [0.25, 0.3) is 0 Å². The second kappa shape index (κ2) is 4.89. The monoisotopic (exact) mass is 252 g/mol. The van der Waals surface area contributed by atoms with E-state index < -0.39 is 0 Å². The Hall–Kier alpha value is -0.690. The van der Waals surface area contributed by atoms with Crippen molar-refractivity contribution in [3.05, 3.63) is 29.8 Å². The van der Waals surface area contributed by atoms with Crippen LogP contribution in [0.4, 0.5) is 0 Å². The zero-order valence-electron chi connectivity index (χ0n) is 10.9. The van der Waals surface area contributed by atoms with E-state index >= 15 is 0 Å². The molecular weight excluding hydrogens is 232 g/mol. The fourth-order valence-electron chi connectivity index (χ4n) is 2.65. The molecule has 94 valence electrons. The van der Waals surface area contributed by atoms with Gasteiger partial charge in [-0.15, -0.1) is 11.6 Å². The highest BCUT2D eigenvalue weighted by Crippen LogP contribution is 2.43. The summed E-state index contributed by atoms with van der Waals surface area (Å²) in [6.07, 6.45) is 3.58. The van der Waals surface area contributed by atoms with Crippen molar-refractivity contribution in [3.8, 4) is 5.75 Å². The van der Waals surface area contributed by atoms with Crippen molar-refractivity contribution >= 4 is 11.6 Å². The molecule has 0 radical (unpaired) electrons. The number of ether oxygens (including phenoxy) is 1. The molecule has 1 aromatic rings. The van der Waals surface area contributed by atoms with Crippen LogP contribution in [0.2, 0.25) is 0 Å². The SMILES string of the molecule is CC(C)Oc1cccc(C2(C)CCC(Cl)C2)c1. The maximum atomic E-state index is 6.24. The van der Waals surface area contributed by atoms with E-state index in [4.69, 9.17) is 16.3 Å². The third-order valence-corrected chi connectivity index (χ3v) is 3.96. The van der Waals surface area contributed by atoms with Gasteiger partial charge >= 0.3 is 0 Å². The van der Waals surface area contributed by atoms with Crippen molar-refractivity contribution in [2.24, 2.45) is 0 Å². The summed E-state index contributed by atoms with van der Waals surface area (Å²) in [6.45, 7) is 6.42. The molecule has 2 unspecified atom stereocenters. The molecule has 0 spiro atoms. The van der Waals surface area contributed by atoms with Gasteiger partial charge in [0.1, 0.15) is 5.75 Å². The van der Waals surface area contributed by atoms with Gasteiger partial charge < -0.3 is 4.74 Å². The first-order valence-corrected chi connectivity index (χ1v) is 6.84. The van der Waals surface area contributed by atoms with Crippen molar-refractivity contribution in [2.75, 3.05) is 0 Å². The minimum absolute atomic E-state index is 0.224. The van der Waals surface area contributed by atoms with Crippen LogP contribution in [0.1, 0.15) is 45.6 Å². The molecule has 1 aliphatic rings. The van der Waals surface area contributed by atoms with Gasteiger partial charge in [0.15, 0.2) is 0 Å². The van der Waals surface area contributed by atoms with Crippen LogP contribution in [-0.4, -0.2) is 11.5 Å². The van der Waals surface area contributed by atoms with E-state index in [0.29, 0.717) is 5.38 Å². The third-order valence-electron chi connectivity index (χ3n) is 3.58. The number of alkyl halides is 1. The summed E-state index contributed by atoms with van der Waals surface area (Å²) in [5, 5.41) is 0.328. The zero-order chi connectivity index (χ0) is 12.5. The second-order valence-corrected chi connectivity index (χ2v) is 6.21. The van der Waals surface area contributed by atoms with E-state index in [-0.39, 0.29) is 11.5 Å². The van der Waals surface area contributed by atoms with Crippen LogP contribution in [0.3, 0.4) is 0 Å². The normalized spacial score (nSPS) is 28.6. The first-order chi connectivity index (χ1) is 7.99. The predicted octanol–water partition coefficient (Wildman–Crippen LogP) is 4.52. The Morgan fingerprint density at radius 1 is 1.41 bits per heavy atom. The Labute approximate surface area is 109 Å². The number of hydrogen-bond acceptors (Lipinski definition) is 1. The molecule has 0 bridgehead atoms. The van der Waals surface area contributed by atoms with Gasteiger partial charge in [0.05, 0.1) is 6.10 Å². The van der Waals surface area contributed by atoms with E-state index in [2.05, 4.69) is 39.0 Å². The van der Waals surface area contributed by atoms with Gasteiger partial charge in [-0.3, -0.25) is 0 Å². The molecule has 1 aromatic carbocycles. The highest BCUT2D eigenvalue weighted by molar-refractivity contribution is 6.20. The molecule has 1 fully saturated rings. The maximum Gasteiger partial charge on any atom is 0.119 e. The van der Waals surface area contributed by atoms with Crippen LogP contribution in [0, 0.1) is 0 Å². The molecule has 1 saturated carbocycles. The van der Waals surface area contributed by atoms with Crippen molar-refractivity contribution < 1.29 is 4.74 Å². The molecule has 1 nitrogen and oxygen atoms in total. The molecule has 2 heteroatoms. The van der Waals surface area contributed by atoms with E-state index in [0.717, 1.165) is 18.6 Å². The molecule has 17 heavy (non-hydrogen) atoms. The molecule has 2 rings (SSSR count). The van der Waals surface area contributed by atoms with Gasteiger partial charge in [-0.05, 0) is 56.2 Å².